The Kier molecular flexibility index (Phi) is 3.68. The fraction of sp³-hybridized carbons (Fsp3) is 0.440. The first kappa shape index (κ1) is 17.3. The van der Waals surface area contributed by atoms with E-state index in [1.54, 1.807) is 12.4 Å². The molecule has 2 aromatic carbocycles. The maximum Gasteiger partial charge on any atom is 0.0739 e. The van der Waals surface area contributed by atoms with Crippen molar-refractivity contribution in [3.05, 3.63) is 67.8 Å². The number of nitrogens with zero attached hydrogens (tertiary/aromatic N) is 2. The second-order valence-electron chi connectivity index (χ2n) is 9.53. The number of fused-ring (bicyclic) bond motifs is 4. The Morgan fingerprint density at radius 2 is 1.10 bits per heavy atom. The topological polar surface area (TPSA) is 65.2 Å². The van der Waals surface area contributed by atoms with Crippen LogP contribution in [-0.2, 0) is 51.4 Å². The third kappa shape index (κ3) is 2.44. The summed E-state index contributed by atoms with van der Waals surface area (Å²) in [5.41, 5.74) is 14.0. The molecule has 4 heteroatoms. The number of oxime groups is 2. The first-order valence-corrected chi connectivity index (χ1v) is 10.9. The van der Waals surface area contributed by atoms with Gasteiger partial charge in [0.1, 0.15) is 0 Å². The summed E-state index contributed by atoms with van der Waals surface area (Å²) in [5.74, 6) is 0. The zero-order chi connectivity index (χ0) is 19.6. The highest BCUT2D eigenvalue weighted by molar-refractivity contribution is 5.87. The lowest BCUT2D eigenvalue weighted by Crippen LogP contribution is -2.22. The molecule has 0 radical (unpaired) electrons. The van der Waals surface area contributed by atoms with Gasteiger partial charge in [0, 0.05) is 11.1 Å². The van der Waals surface area contributed by atoms with Crippen LogP contribution in [0.3, 0.4) is 0 Å². The maximum atomic E-state index is 9.30. The van der Waals surface area contributed by atoms with Gasteiger partial charge < -0.3 is 10.4 Å². The summed E-state index contributed by atoms with van der Waals surface area (Å²) in [7, 11) is 0. The van der Waals surface area contributed by atoms with E-state index in [2.05, 4.69) is 22.4 Å². The van der Waals surface area contributed by atoms with Crippen molar-refractivity contribution in [3.8, 4) is 0 Å². The van der Waals surface area contributed by atoms with E-state index < -0.39 is 0 Å². The van der Waals surface area contributed by atoms with E-state index in [0.717, 1.165) is 51.4 Å². The highest BCUT2D eigenvalue weighted by atomic mass is 16.4. The van der Waals surface area contributed by atoms with Gasteiger partial charge in [0.25, 0.3) is 0 Å². The smallest absolute Gasteiger partial charge is 0.0739 e. The predicted octanol–water partition coefficient (Wildman–Crippen LogP) is 4.16. The summed E-state index contributed by atoms with van der Waals surface area (Å²) in [6, 6.07) is 4.89. The average Bonchev–Trinajstić information content (AvgIpc) is 3.47. The monoisotopic (exact) mass is 386 g/mol. The van der Waals surface area contributed by atoms with Crippen molar-refractivity contribution in [2.24, 2.45) is 15.7 Å². The van der Waals surface area contributed by atoms with Gasteiger partial charge in [0.05, 0.1) is 12.4 Å². The van der Waals surface area contributed by atoms with Gasteiger partial charge in [-0.3, -0.25) is 0 Å². The fourth-order valence-electron chi connectivity index (χ4n) is 6.87. The van der Waals surface area contributed by atoms with Crippen molar-refractivity contribution in [1.29, 1.82) is 0 Å². The van der Waals surface area contributed by atoms with Crippen LogP contribution in [0.2, 0.25) is 0 Å². The highest BCUT2D eigenvalue weighted by Crippen LogP contribution is 2.51. The molecule has 0 aliphatic heterocycles. The summed E-state index contributed by atoms with van der Waals surface area (Å²) in [6.07, 6.45) is 14.5. The van der Waals surface area contributed by atoms with Crippen LogP contribution in [-0.4, -0.2) is 22.8 Å². The van der Waals surface area contributed by atoms with Crippen molar-refractivity contribution in [2.75, 3.05) is 0 Å². The van der Waals surface area contributed by atoms with Crippen LogP contribution in [0.4, 0.5) is 0 Å². The maximum absolute atomic E-state index is 9.30. The third-order valence-electron chi connectivity index (χ3n) is 7.90. The molecule has 6 rings (SSSR count). The largest absolute Gasteiger partial charge is 0.411 e. The number of rotatable bonds is 2. The van der Waals surface area contributed by atoms with Gasteiger partial charge in [0.2, 0.25) is 0 Å². The van der Waals surface area contributed by atoms with Crippen LogP contribution in [0, 0.1) is 5.41 Å². The molecule has 0 heterocycles. The molecule has 1 spiro atoms. The minimum atomic E-state index is 0.213. The SMILES string of the molecule is ON=Cc1c2c(cc3c1CC1(C3)Cc3cc4c(c(C=NO)c3C1)CCC4)CCC2. The van der Waals surface area contributed by atoms with Crippen molar-refractivity contribution < 1.29 is 10.4 Å². The first-order chi connectivity index (χ1) is 14.2. The van der Waals surface area contributed by atoms with Gasteiger partial charge in [0.15, 0.2) is 0 Å². The van der Waals surface area contributed by atoms with E-state index in [1.807, 2.05) is 0 Å². The summed E-state index contributed by atoms with van der Waals surface area (Å²) in [6.45, 7) is 0. The van der Waals surface area contributed by atoms with Crippen LogP contribution < -0.4 is 0 Å². The van der Waals surface area contributed by atoms with Crippen molar-refractivity contribution in [2.45, 2.75) is 64.2 Å². The molecule has 4 nitrogen and oxygen atoms in total. The standard InChI is InChI=1S/C25H26N2O2/c28-26-13-23-19-5-1-3-15(19)7-17-9-25(11-21(17)23)10-18-8-16-4-2-6-20(16)24(14-27-29)22(18)12-25/h7-8,13-14,28-29H,1-6,9-12H2. The van der Waals surface area contributed by atoms with Crippen LogP contribution >= 0.6 is 0 Å². The molecule has 0 aromatic heterocycles. The molecule has 4 aliphatic carbocycles. The Morgan fingerprint density at radius 3 is 1.55 bits per heavy atom. The molecule has 0 amide bonds. The lowest BCUT2D eigenvalue weighted by Gasteiger charge is -2.22. The summed E-state index contributed by atoms with van der Waals surface area (Å²) in [5, 5.41) is 25.5. The van der Waals surface area contributed by atoms with E-state index >= 15 is 0 Å². The predicted molar refractivity (Wildman–Crippen MR) is 113 cm³/mol. The first-order valence-electron chi connectivity index (χ1n) is 10.9. The van der Waals surface area contributed by atoms with Crippen molar-refractivity contribution in [3.63, 3.8) is 0 Å². The second kappa shape index (κ2) is 6.19. The second-order valence-corrected chi connectivity index (χ2v) is 9.53. The normalized spacial score (nSPS) is 24.0. The Labute approximate surface area is 170 Å². The van der Waals surface area contributed by atoms with Gasteiger partial charge in [-0.15, -0.1) is 0 Å². The average molecular weight is 386 g/mol. The molecular formula is C25H26N2O2. The molecule has 0 fully saturated rings. The lowest BCUT2D eigenvalue weighted by atomic mass is 9.81. The van der Waals surface area contributed by atoms with Gasteiger partial charge in [-0.2, -0.15) is 0 Å². The molecule has 2 N–H and O–H groups in total. The molecule has 0 saturated carbocycles. The van der Waals surface area contributed by atoms with Gasteiger partial charge in [-0.1, -0.05) is 22.4 Å². The van der Waals surface area contributed by atoms with Crippen LogP contribution in [0.25, 0.3) is 0 Å². The number of hydrogen-bond donors (Lipinski definition) is 2. The summed E-state index contributed by atoms with van der Waals surface area (Å²) >= 11 is 0. The fourth-order valence-corrected chi connectivity index (χ4v) is 6.87. The molecule has 148 valence electrons. The highest BCUT2D eigenvalue weighted by Gasteiger charge is 2.45. The molecule has 4 aliphatic rings. The number of aryl methyl sites for hydroxylation is 2. The Bertz CT molecular complexity index is 1010. The summed E-state index contributed by atoms with van der Waals surface area (Å²) in [4.78, 5) is 0. The van der Waals surface area contributed by atoms with Crippen LogP contribution in [0.5, 0.6) is 0 Å². The van der Waals surface area contributed by atoms with E-state index in [9.17, 15) is 10.4 Å². The van der Waals surface area contributed by atoms with E-state index in [0.29, 0.717) is 0 Å². The third-order valence-corrected chi connectivity index (χ3v) is 7.90. The molecular weight excluding hydrogens is 360 g/mol. The quantitative estimate of drug-likeness (QED) is 0.462. The van der Waals surface area contributed by atoms with Gasteiger partial charge in [-0.25, -0.2) is 0 Å². The molecule has 0 unspecified atom stereocenters. The van der Waals surface area contributed by atoms with Gasteiger partial charge in [-0.05, 0) is 114 Å². The van der Waals surface area contributed by atoms with Crippen LogP contribution in [0.1, 0.15) is 68.5 Å². The molecule has 2 aromatic rings. The molecule has 0 saturated heterocycles. The van der Waals surface area contributed by atoms with E-state index in [-0.39, 0.29) is 5.41 Å². The number of benzene rings is 2. The Balaban J connectivity index is 1.43. The Hall–Kier alpha value is -2.62. The van der Waals surface area contributed by atoms with Crippen molar-refractivity contribution in [1.82, 2.24) is 0 Å². The zero-order valence-corrected chi connectivity index (χ0v) is 16.7. The number of hydrogen-bond acceptors (Lipinski definition) is 4. The van der Waals surface area contributed by atoms with Gasteiger partial charge >= 0.3 is 0 Å². The summed E-state index contributed by atoms with van der Waals surface area (Å²) < 4.78 is 0. The van der Waals surface area contributed by atoms with E-state index in [1.165, 1.54) is 68.5 Å². The zero-order valence-electron chi connectivity index (χ0n) is 16.7. The van der Waals surface area contributed by atoms with Crippen molar-refractivity contribution >= 4 is 12.4 Å². The van der Waals surface area contributed by atoms with Crippen LogP contribution in [0.15, 0.2) is 22.4 Å². The minimum absolute atomic E-state index is 0.213. The molecule has 0 bridgehead atoms. The minimum Gasteiger partial charge on any atom is -0.411 e. The molecule has 29 heavy (non-hydrogen) atoms. The Morgan fingerprint density at radius 1 is 0.621 bits per heavy atom. The lowest BCUT2D eigenvalue weighted by molar-refractivity contribution is 0.320. The molecule has 0 atom stereocenters. The van der Waals surface area contributed by atoms with E-state index in [4.69, 9.17) is 0 Å².